The van der Waals surface area contributed by atoms with Crippen molar-refractivity contribution in [3.8, 4) is 0 Å². The minimum absolute atomic E-state index is 0.647. The topological polar surface area (TPSA) is 73.9 Å². The molecule has 0 bridgehead atoms. The maximum Gasteiger partial charge on any atom is 0.192 e. The Hall–Kier alpha value is -3.90. The number of ether oxygens (including phenoxy) is 1. The number of nitrogens with zero attached hydrogens (tertiary/aromatic N) is 4. The number of aromatic nitrogens is 4. The van der Waals surface area contributed by atoms with Crippen LogP contribution in [0.1, 0.15) is 108 Å². The molecule has 6 heteroatoms. The maximum atomic E-state index is 5.26. The zero-order chi connectivity index (χ0) is 33.9. The van der Waals surface area contributed by atoms with Crippen molar-refractivity contribution in [3.63, 3.8) is 0 Å². The van der Waals surface area contributed by atoms with Crippen LogP contribution in [0.2, 0.25) is 0 Å². The fourth-order valence-electron chi connectivity index (χ4n) is 3.56. The van der Waals surface area contributed by atoms with Gasteiger partial charge in [-0.15, -0.1) is 0 Å². The van der Waals surface area contributed by atoms with Crippen molar-refractivity contribution in [1.82, 2.24) is 19.9 Å². The first-order valence-electron chi connectivity index (χ1n) is 16.3. The summed E-state index contributed by atoms with van der Waals surface area (Å²) in [4.78, 5) is 16.2. The SMILES string of the molecule is CC.CCC(C)c1cccnc1.CCC(C)c1ccncc1.CCCOC.Cc1ccc(C)nc1.Cc1nc2ccccc2o1. The number of hydrogen-bond acceptors (Lipinski definition) is 6. The summed E-state index contributed by atoms with van der Waals surface area (Å²) in [6.45, 7) is 21.7. The number of methoxy groups -OCH3 is 1. The van der Waals surface area contributed by atoms with Gasteiger partial charge in [0, 0.05) is 57.3 Å². The molecular formula is C39H58N4O2. The van der Waals surface area contributed by atoms with Crippen LogP contribution in [-0.2, 0) is 4.74 Å². The second kappa shape index (κ2) is 26.5. The first-order chi connectivity index (χ1) is 21.7. The molecule has 1 aromatic carbocycles. The van der Waals surface area contributed by atoms with Crippen molar-refractivity contribution in [1.29, 1.82) is 0 Å². The second-order valence-corrected chi connectivity index (χ2v) is 10.4. The maximum absolute atomic E-state index is 5.26. The Labute approximate surface area is 273 Å². The van der Waals surface area contributed by atoms with E-state index in [1.165, 1.54) is 29.5 Å². The van der Waals surface area contributed by atoms with E-state index in [-0.39, 0.29) is 0 Å². The molecule has 4 aromatic heterocycles. The second-order valence-electron chi connectivity index (χ2n) is 10.4. The molecule has 0 aliphatic carbocycles. The quantitative estimate of drug-likeness (QED) is 0.189. The number of pyridine rings is 3. The van der Waals surface area contributed by atoms with Crippen LogP contribution in [0, 0.1) is 20.8 Å². The van der Waals surface area contributed by atoms with Crippen LogP contribution in [0.5, 0.6) is 0 Å². The normalized spacial score (nSPS) is 10.8. The van der Waals surface area contributed by atoms with Gasteiger partial charge in [-0.1, -0.05) is 72.7 Å². The van der Waals surface area contributed by atoms with Crippen molar-refractivity contribution < 1.29 is 9.15 Å². The molecule has 0 saturated heterocycles. The lowest BCUT2D eigenvalue weighted by Crippen LogP contribution is -1.90. The Morgan fingerprint density at radius 2 is 1.36 bits per heavy atom. The third-order valence-electron chi connectivity index (χ3n) is 6.62. The highest BCUT2D eigenvalue weighted by Gasteiger charge is 2.00. The van der Waals surface area contributed by atoms with Gasteiger partial charge in [0.05, 0.1) is 0 Å². The van der Waals surface area contributed by atoms with Crippen LogP contribution in [0.3, 0.4) is 0 Å². The van der Waals surface area contributed by atoms with Gasteiger partial charge in [0.15, 0.2) is 11.5 Å². The number of para-hydroxylation sites is 2. The molecule has 45 heavy (non-hydrogen) atoms. The third-order valence-corrected chi connectivity index (χ3v) is 6.62. The molecule has 4 heterocycles. The first kappa shape index (κ1) is 41.1. The average molecular weight is 615 g/mol. The van der Waals surface area contributed by atoms with Gasteiger partial charge >= 0.3 is 0 Å². The molecule has 2 unspecified atom stereocenters. The molecule has 5 rings (SSSR count). The van der Waals surface area contributed by atoms with E-state index in [2.05, 4.69) is 78.8 Å². The van der Waals surface area contributed by atoms with E-state index in [1.54, 1.807) is 7.11 Å². The summed E-state index contributed by atoms with van der Waals surface area (Å²) in [5.74, 6) is 2.04. The molecule has 0 amide bonds. The number of aryl methyl sites for hydroxylation is 3. The molecule has 2 atom stereocenters. The monoisotopic (exact) mass is 614 g/mol. The van der Waals surface area contributed by atoms with Crippen LogP contribution >= 0.6 is 0 Å². The Morgan fingerprint density at radius 3 is 1.82 bits per heavy atom. The van der Waals surface area contributed by atoms with Crippen LogP contribution in [0.15, 0.2) is 96.1 Å². The standard InChI is InChI=1S/2C9H13N.C8H7NO.C7H9N.C4H10O.C2H6/c1-3-8(2)9-4-6-10-7-5-9;1-3-8(2)9-5-4-6-10-7-9;1-6-9-7-4-2-3-5-8(7)10-6;1-6-3-4-7(2)8-5-6;1-3-4-5-2;1-2/h2*4-8H,3H2,1-2H3;2-5H,1H3;3-5H,1-2H3;3-4H2,1-2H3;1-2H3. The lowest BCUT2D eigenvalue weighted by Gasteiger charge is -2.06. The van der Waals surface area contributed by atoms with E-state index in [0.29, 0.717) is 11.8 Å². The highest BCUT2D eigenvalue weighted by molar-refractivity contribution is 5.71. The molecule has 246 valence electrons. The summed E-state index contributed by atoms with van der Waals surface area (Å²) >= 11 is 0. The van der Waals surface area contributed by atoms with Gasteiger partial charge in [-0.05, 0) is 98.0 Å². The predicted octanol–water partition coefficient (Wildman–Crippen LogP) is 11.1. The molecule has 0 aliphatic rings. The molecule has 0 aliphatic heterocycles. The van der Waals surface area contributed by atoms with Gasteiger partial charge in [-0.25, -0.2) is 4.98 Å². The summed E-state index contributed by atoms with van der Waals surface area (Å²) in [5, 5.41) is 0. The Balaban J connectivity index is 0.000000539. The van der Waals surface area contributed by atoms with Gasteiger partial charge in [-0.3, -0.25) is 15.0 Å². The Kier molecular flexibility index (Phi) is 24.2. The molecular weight excluding hydrogens is 556 g/mol. The molecule has 0 radical (unpaired) electrons. The smallest absolute Gasteiger partial charge is 0.192 e. The lowest BCUT2D eigenvalue weighted by atomic mass is 10.0. The lowest BCUT2D eigenvalue weighted by molar-refractivity contribution is 0.199. The molecule has 0 N–H and O–H groups in total. The van der Waals surface area contributed by atoms with E-state index in [4.69, 9.17) is 9.15 Å². The third kappa shape index (κ3) is 19.2. The molecule has 5 aromatic rings. The summed E-state index contributed by atoms with van der Waals surface area (Å²) in [7, 11) is 1.71. The Morgan fingerprint density at radius 1 is 0.711 bits per heavy atom. The highest BCUT2D eigenvalue weighted by Crippen LogP contribution is 2.17. The van der Waals surface area contributed by atoms with Crippen molar-refractivity contribution in [3.05, 3.63) is 120 Å². The minimum atomic E-state index is 0.647. The fourth-order valence-corrected chi connectivity index (χ4v) is 3.56. The van der Waals surface area contributed by atoms with Crippen LogP contribution in [0.25, 0.3) is 11.1 Å². The molecule has 0 saturated carbocycles. The Bertz CT molecular complexity index is 1240. The van der Waals surface area contributed by atoms with Gasteiger partial charge < -0.3 is 9.15 Å². The average Bonchev–Trinajstić information content (AvgIpc) is 3.48. The minimum Gasteiger partial charge on any atom is -0.441 e. The number of benzene rings is 1. The van der Waals surface area contributed by atoms with Crippen LogP contribution < -0.4 is 0 Å². The summed E-state index contributed by atoms with van der Waals surface area (Å²) in [5.41, 5.74) is 6.81. The van der Waals surface area contributed by atoms with Gasteiger partial charge in [0.2, 0.25) is 0 Å². The summed E-state index contributed by atoms with van der Waals surface area (Å²) in [6, 6.07) is 20.1. The predicted molar refractivity (Wildman–Crippen MR) is 192 cm³/mol. The summed E-state index contributed by atoms with van der Waals surface area (Å²) < 4.78 is 9.95. The van der Waals surface area contributed by atoms with Crippen molar-refractivity contribution in [2.24, 2.45) is 0 Å². The number of hydrogen-bond donors (Lipinski definition) is 0. The van der Waals surface area contributed by atoms with Gasteiger partial charge in [0.25, 0.3) is 0 Å². The van der Waals surface area contributed by atoms with Gasteiger partial charge in [-0.2, -0.15) is 0 Å². The zero-order valence-electron chi connectivity index (χ0n) is 29.7. The van der Waals surface area contributed by atoms with E-state index < -0.39 is 0 Å². The van der Waals surface area contributed by atoms with Crippen LogP contribution in [0.4, 0.5) is 0 Å². The number of oxazole rings is 1. The van der Waals surface area contributed by atoms with E-state index in [9.17, 15) is 0 Å². The summed E-state index contributed by atoms with van der Waals surface area (Å²) in [6.07, 6.45) is 12.8. The molecule has 0 spiro atoms. The first-order valence-corrected chi connectivity index (χ1v) is 16.3. The van der Waals surface area contributed by atoms with Crippen LogP contribution in [-0.4, -0.2) is 33.7 Å². The molecule has 0 fully saturated rings. The largest absolute Gasteiger partial charge is 0.441 e. The number of fused-ring (bicyclic) bond motifs is 1. The zero-order valence-corrected chi connectivity index (χ0v) is 29.7. The molecule has 6 nitrogen and oxygen atoms in total. The fraction of sp³-hybridized carbons (Fsp3) is 0.436. The van der Waals surface area contributed by atoms with E-state index in [0.717, 1.165) is 35.7 Å². The van der Waals surface area contributed by atoms with Crippen molar-refractivity contribution in [2.75, 3.05) is 13.7 Å². The van der Waals surface area contributed by atoms with E-state index >= 15 is 0 Å². The van der Waals surface area contributed by atoms with Crippen molar-refractivity contribution in [2.45, 2.75) is 100 Å². The van der Waals surface area contributed by atoms with Crippen molar-refractivity contribution >= 4 is 11.1 Å². The van der Waals surface area contributed by atoms with Gasteiger partial charge in [0.1, 0.15) is 5.52 Å². The number of rotatable bonds is 6. The van der Waals surface area contributed by atoms with E-state index in [1.807, 2.05) is 102 Å². The highest BCUT2D eigenvalue weighted by atomic mass is 16.5.